The molecule has 0 heterocycles. The number of aryl methyl sites for hydroxylation is 2. The molecule has 5 heteroatoms. The van der Waals surface area contributed by atoms with Gasteiger partial charge in [0.15, 0.2) is 0 Å². The quantitative estimate of drug-likeness (QED) is 0.794. The van der Waals surface area contributed by atoms with Gasteiger partial charge in [0.25, 0.3) is 0 Å². The highest BCUT2D eigenvalue weighted by molar-refractivity contribution is 9.10. The van der Waals surface area contributed by atoms with Crippen LogP contribution < -0.4 is 4.72 Å². The van der Waals surface area contributed by atoms with Crippen molar-refractivity contribution in [1.29, 1.82) is 0 Å². The zero-order chi connectivity index (χ0) is 17.5. The Morgan fingerprint density at radius 3 is 2.25 bits per heavy atom. The summed E-state index contributed by atoms with van der Waals surface area (Å²) in [6.07, 6.45) is 2.01. The molecule has 0 aromatic heterocycles. The van der Waals surface area contributed by atoms with Crippen molar-refractivity contribution < 1.29 is 8.42 Å². The molecule has 1 aliphatic carbocycles. The fraction of sp³-hybridized carbons (Fsp3) is 0.368. The lowest BCUT2D eigenvalue weighted by atomic mass is 9.90. The molecule has 1 aliphatic rings. The Morgan fingerprint density at radius 2 is 1.71 bits per heavy atom. The first-order chi connectivity index (χ1) is 11.2. The van der Waals surface area contributed by atoms with Crippen molar-refractivity contribution in [1.82, 2.24) is 4.72 Å². The zero-order valence-electron chi connectivity index (χ0n) is 14.1. The third-order valence-electron chi connectivity index (χ3n) is 4.99. The summed E-state index contributed by atoms with van der Waals surface area (Å²) in [6, 6.07) is 13.5. The van der Waals surface area contributed by atoms with Crippen molar-refractivity contribution in [3.8, 4) is 0 Å². The number of hydrogen-bond acceptors (Lipinski definition) is 2. The molecule has 0 saturated heterocycles. The minimum Gasteiger partial charge on any atom is -0.207 e. The van der Waals surface area contributed by atoms with Gasteiger partial charge in [0, 0.05) is 15.9 Å². The maximum atomic E-state index is 12.8. The normalized spacial score (nSPS) is 17.5. The van der Waals surface area contributed by atoms with E-state index in [2.05, 4.69) is 32.8 Å². The van der Waals surface area contributed by atoms with E-state index in [0.29, 0.717) is 4.90 Å². The number of sulfonamides is 1. The van der Waals surface area contributed by atoms with Gasteiger partial charge in [-0.2, -0.15) is 0 Å². The summed E-state index contributed by atoms with van der Waals surface area (Å²) in [6.45, 7) is 5.77. The van der Waals surface area contributed by atoms with Crippen LogP contribution in [0.3, 0.4) is 0 Å². The summed E-state index contributed by atoms with van der Waals surface area (Å²) in [5.74, 6) is 0. The van der Waals surface area contributed by atoms with E-state index in [1.807, 2.05) is 45.0 Å². The predicted molar refractivity (Wildman–Crippen MR) is 101 cm³/mol. The molecule has 3 rings (SSSR count). The largest absolute Gasteiger partial charge is 0.241 e. The van der Waals surface area contributed by atoms with Crippen LogP contribution >= 0.6 is 15.9 Å². The minimum absolute atomic E-state index is 0.0909. The maximum absolute atomic E-state index is 12.8. The molecule has 128 valence electrons. The molecule has 0 radical (unpaired) electrons. The lowest BCUT2D eigenvalue weighted by Crippen LogP contribution is -2.41. The van der Waals surface area contributed by atoms with Crippen LogP contribution in [0.4, 0.5) is 0 Å². The van der Waals surface area contributed by atoms with E-state index in [4.69, 9.17) is 0 Å². The standard InChI is InChI=1S/C19H22BrNO2S/c1-13-4-9-18(14(2)12-13)24(22,23)21-15(3)19(10-11-19)16-5-7-17(20)8-6-16/h4-9,12,15,21H,10-11H2,1-3H3. The van der Waals surface area contributed by atoms with E-state index >= 15 is 0 Å². The second-order valence-corrected chi connectivity index (χ2v) is 9.37. The van der Waals surface area contributed by atoms with Crippen LogP contribution in [-0.4, -0.2) is 14.5 Å². The lowest BCUT2D eigenvalue weighted by molar-refractivity contribution is 0.494. The third kappa shape index (κ3) is 3.30. The van der Waals surface area contributed by atoms with Crippen LogP contribution in [0.15, 0.2) is 51.8 Å². The van der Waals surface area contributed by atoms with Crippen LogP contribution in [0.2, 0.25) is 0 Å². The first-order valence-corrected chi connectivity index (χ1v) is 10.4. The van der Waals surface area contributed by atoms with E-state index in [1.165, 1.54) is 5.56 Å². The summed E-state index contributed by atoms with van der Waals surface area (Å²) in [5, 5.41) is 0. The van der Waals surface area contributed by atoms with Gasteiger partial charge in [-0.1, -0.05) is 45.8 Å². The Balaban J connectivity index is 1.86. The molecule has 0 amide bonds. The van der Waals surface area contributed by atoms with Crippen LogP contribution in [0.1, 0.15) is 36.5 Å². The van der Waals surface area contributed by atoms with Gasteiger partial charge in [0.1, 0.15) is 0 Å². The molecule has 0 bridgehead atoms. The molecule has 2 aromatic carbocycles. The summed E-state index contributed by atoms with van der Waals surface area (Å²) >= 11 is 3.45. The number of benzene rings is 2. The molecular formula is C19H22BrNO2S. The molecule has 0 spiro atoms. The maximum Gasteiger partial charge on any atom is 0.241 e. The first-order valence-electron chi connectivity index (χ1n) is 8.10. The Morgan fingerprint density at radius 1 is 1.08 bits per heavy atom. The highest BCUT2D eigenvalue weighted by Crippen LogP contribution is 2.51. The number of rotatable bonds is 5. The molecule has 1 fully saturated rings. The van der Waals surface area contributed by atoms with Crippen molar-refractivity contribution in [2.75, 3.05) is 0 Å². The number of hydrogen-bond donors (Lipinski definition) is 1. The topological polar surface area (TPSA) is 46.2 Å². The van der Waals surface area contributed by atoms with Crippen LogP contribution in [0, 0.1) is 13.8 Å². The van der Waals surface area contributed by atoms with Gasteiger partial charge in [-0.05, 0) is 62.9 Å². The van der Waals surface area contributed by atoms with E-state index in [9.17, 15) is 8.42 Å². The van der Waals surface area contributed by atoms with Gasteiger partial charge in [0.2, 0.25) is 10.0 Å². The second-order valence-electron chi connectivity index (χ2n) is 6.77. The third-order valence-corrected chi connectivity index (χ3v) is 7.22. The zero-order valence-corrected chi connectivity index (χ0v) is 16.5. The summed E-state index contributed by atoms with van der Waals surface area (Å²) in [7, 11) is -3.53. The SMILES string of the molecule is Cc1ccc(S(=O)(=O)NC(C)C2(c3ccc(Br)cc3)CC2)c(C)c1. The summed E-state index contributed by atoms with van der Waals surface area (Å²) < 4.78 is 29.6. The smallest absolute Gasteiger partial charge is 0.207 e. The summed E-state index contributed by atoms with van der Waals surface area (Å²) in [4.78, 5) is 0.367. The molecule has 1 N–H and O–H groups in total. The highest BCUT2D eigenvalue weighted by Gasteiger charge is 2.49. The molecule has 2 aromatic rings. The average molecular weight is 408 g/mol. The lowest BCUT2D eigenvalue weighted by Gasteiger charge is -2.25. The van der Waals surface area contributed by atoms with Gasteiger partial charge in [-0.25, -0.2) is 13.1 Å². The molecule has 1 unspecified atom stereocenters. The Hall–Kier alpha value is -1.17. The predicted octanol–water partition coefficient (Wildman–Crippen LogP) is 4.46. The molecule has 0 aliphatic heterocycles. The van der Waals surface area contributed by atoms with Gasteiger partial charge in [0.05, 0.1) is 4.90 Å². The Labute approximate surface area is 152 Å². The van der Waals surface area contributed by atoms with Crippen molar-refractivity contribution in [3.63, 3.8) is 0 Å². The van der Waals surface area contributed by atoms with Gasteiger partial charge in [-0.3, -0.25) is 0 Å². The van der Waals surface area contributed by atoms with E-state index in [-0.39, 0.29) is 11.5 Å². The second kappa shape index (κ2) is 6.28. The number of nitrogens with one attached hydrogen (secondary N) is 1. The van der Waals surface area contributed by atoms with E-state index < -0.39 is 10.0 Å². The van der Waals surface area contributed by atoms with Gasteiger partial charge >= 0.3 is 0 Å². The van der Waals surface area contributed by atoms with Crippen molar-refractivity contribution in [2.24, 2.45) is 0 Å². The highest BCUT2D eigenvalue weighted by atomic mass is 79.9. The molecule has 1 atom stereocenters. The average Bonchev–Trinajstić information content (AvgIpc) is 3.28. The minimum atomic E-state index is -3.53. The first kappa shape index (κ1) is 17.6. The Bertz CT molecular complexity index is 855. The van der Waals surface area contributed by atoms with E-state index in [0.717, 1.165) is 28.4 Å². The van der Waals surface area contributed by atoms with Gasteiger partial charge in [-0.15, -0.1) is 0 Å². The fourth-order valence-electron chi connectivity index (χ4n) is 3.40. The molecule has 1 saturated carbocycles. The van der Waals surface area contributed by atoms with Gasteiger partial charge < -0.3 is 0 Å². The van der Waals surface area contributed by atoms with Crippen LogP contribution in [0.5, 0.6) is 0 Å². The van der Waals surface area contributed by atoms with Crippen molar-refractivity contribution in [3.05, 3.63) is 63.6 Å². The molecule has 24 heavy (non-hydrogen) atoms. The van der Waals surface area contributed by atoms with Crippen LogP contribution in [0.25, 0.3) is 0 Å². The Kier molecular flexibility index (Phi) is 4.62. The molecular weight excluding hydrogens is 386 g/mol. The monoisotopic (exact) mass is 407 g/mol. The van der Waals surface area contributed by atoms with Crippen LogP contribution in [-0.2, 0) is 15.4 Å². The molecule has 3 nitrogen and oxygen atoms in total. The number of halogens is 1. The van der Waals surface area contributed by atoms with Crippen molar-refractivity contribution in [2.45, 2.75) is 50.0 Å². The van der Waals surface area contributed by atoms with E-state index in [1.54, 1.807) is 6.07 Å². The van der Waals surface area contributed by atoms with Crippen molar-refractivity contribution >= 4 is 26.0 Å². The summed E-state index contributed by atoms with van der Waals surface area (Å²) in [5.41, 5.74) is 2.95. The fourth-order valence-corrected chi connectivity index (χ4v) is 5.21.